The topological polar surface area (TPSA) is 35.6 Å². The molecule has 1 aromatic carbocycles. The van der Waals surface area contributed by atoms with Crippen molar-refractivity contribution in [3.8, 4) is 0 Å². The van der Waals surface area contributed by atoms with Gasteiger partial charge in [-0.3, -0.25) is 14.6 Å². The molecule has 2 aromatic heterocycles. The van der Waals surface area contributed by atoms with Crippen LogP contribution in [0.15, 0.2) is 65.4 Å². The molecule has 3 aromatic rings. The number of piperazine rings is 1. The van der Waals surface area contributed by atoms with E-state index in [9.17, 15) is 4.79 Å². The van der Waals surface area contributed by atoms with E-state index < -0.39 is 0 Å². The first-order chi connectivity index (χ1) is 14.2. The minimum absolute atomic E-state index is 0.0248. The summed E-state index contributed by atoms with van der Waals surface area (Å²) in [5, 5.41) is 7.32. The molecule has 0 saturated carbocycles. The zero-order valence-electron chi connectivity index (χ0n) is 16.7. The fraction of sp³-hybridized carbons (Fsp3) is 0.348. The predicted molar refractivity (Wildman–Crippen MR) is 122 cm³/mol. The van der Waals surface area contributed by atoms with E-state index >= 15 is 0 Å². The van der Waals surface area contributed by atoms with E-state index in [1.807, 2.05) is 17.5 Å². The average molecular weight is 426 g/mol. The summed E-state index contributed by atoms with van der Waals surface area (Å²) in [4.78, 5) is 19.8. The van der Waals surface area contributed by atoms with Crippen LogP contribution in [0.4, 0.5) is 0 Å². The van der Waals surface area contributed by atoms with E-state index in [2.05, 4.69) is 69.9 Å². The summed E-state index contributed by atoms with van der Waals surface area (Å²) < 4.78 is 0. The first-order valence-corrected chi connectivity index (χ1v) is 11.8. The van der Waals surface area contributed by atoms with Crippen molar-refractivity contribution in [3.05, 3.63) is 80.7 Å². The Morgan fingerprint density at radius 3 is 2.34 bits per heavy atom. The molecule has 152 valence electrons. The number of hydrogen-bond acceptors (Lipinski definition) is 5. The zero-order valence-corrected chi connectivity index (χ0v) is 18.3. The number of hydrogen-bond donors (Lipinski definition) is 1. The van der Waals surface area contributed by atoms with Crippen molar-refractivity contribution in [1.82, 2.24) is 15.1 Å². The second-order valence-electron chi connectivity index (χ2n) is 7.50. The van der Waals surface area contributed by atoms with Crippen LogP contribution in [-0.2, 0) is 6.54 Å². The minimum Gasteiger partial charge on any atom is -0.347 e. The molecular weight excluding hydrogens is 398 g/mol. The number of thiophene rings is 2. The number of rotatable bonds is 7. The van der Waals surface area contributed by atoms with Gasteiger partial charge in [-0.25, -0.2) is 0 Å². The summed E-state index contributed by atoms with van der Waals surface area (Å²) >= 11 is 3.27. The third-order valence-electron chi connectivity index (χ3n) is 5.46. The fourth-order valence-electron chi connectivity index (χ4n) is 4.01. The molecule has 4 nitrogen and oxygen atoms in total. The normalized spacial score (nSPS) is 17.7. The zero-order chi connectivity index (χ0) is 20.1. The van der Waals surface area contributed by atoms with Crippen LogP contribution in [-0.4, -0.2) is 47.9 Å². The molecule has 2 atom stereocenters. The molecule has 1 N–H and O–H groups in total. The van der Waals surface area contributed by atoms with Crippen molar-refractivity contribution >= 4 is 28.6 Å². The van der Waals surface area contributed by atoms with Crippen LogP contribution in [0.25, 0.3) is 0 Å². The van der Waals surface area contributed by atoms with Gasteiger partial charge in [0, 0.05) is 43.6 Å². The Labute approximate surface area is 180 Å². The largest absolute Gasteiger partial charge is 0.347 e. The van der Waals surface area contributed by atoms with Crippen LogP contribution in [0.1, 0.15) is 33.1 Å². The number of amides is 1. The highest BCUT2D eigenvalue weighted by atomic mass is 32.1. The maximum absolute atomic E-state index is 12.6. The highest BCUT2D eigenvalue weighted by Gasteiger charge is 2.31. The lowest BCUT2D eigenvalue weighted by Crippen LogP contribution is -2.52. The predicted octanol–water partition coefficient (Wildman–Crippen LogP) is 4.49. The van der Waals surface area contributed by atoms with Gasteiger partial charge < -0.3 is 5.32 Å². The molecule has 3 heterocycles. The second-order valence-corrected chi connectivity index (χ2v) is 9.42. The quantitative estimate of drug-likeness (QED) is 0.606. The van der Waals surface area contributed by atoms with Crippen LogP contribution in [0.5, 0.6) is 0 Å². The van der Waals surface area contributed by atoms with Gasteiger partial charge in [0.15, 0.2) is 0 Å². The van der Waals surface area contributed by atoms with Gasteiger partial charge in [0.25, 0.3) is 5.91 Å². The molecule has 1 fully saturated rings. The van der Waals surface area contributed by atoms with E-state index in [1.165, 1.54) is 21.8 Å². The summed E-state index contributed by atoms with van der Waals surface area (Å²) in [6.45, 7) is 7.24. The Bertz CT molecular complexity index is 872. The lowest BCUT2D eigenvalue weighted by atomic mass is 10.0. The smallest absolute Gasteiger partial charge is 0.261 e. The Hall–Kier alpha value is -1.99. The molecule has 4 rings (SSSR count). The molecule has 0 bridgehead atoms. The number of benzene rings is 1. The van der Waals surface area contributed by atoms with E-state index in [-0.39, 0.29) is 18.0 Å². The van der Waals surface area contributed by atoms with E-state index in [4.69, 9.17) is 0 Å². The fourth-order valence-corrected chi connectivity index (χ4v) is 5.60. The van der Waals surface area contributed by atoms with Crippen LogP contribution < -0.4 is 5.32 Å². The van der Waals surface area contributed by atoms with Gasteiger partial charge >= 0.3 is 0 Å². The second kappa shape index (κ2) is 9.67. The third kappa shape index (κ3) is 5.14. The number of nitrogens with one attached hydrogen (secondary N) is 1. The van der Waals surface area contributed by atoms with E-state index in [0.29, 0.717) is 0 Å². The molecule has 0 unspecified atom stereocenters. The Morgan fingerprint density at radius 1 is 0.966 bits per heavy atom. The van der Waals surface area contributed by atoms with E-state index in [1.54, 1.807) is 11.3 Å². The molecule has 6 heteroatoms. The Morgan fingerprint density at radius 2 is 1.69 bits per heavy atom. The maximum Gasteiger partial charge on any atom is 0.261 e. The maximum atomic E-state index is 12.6. The summed E-state index contributed by atoms with van der Waals surface area (Å²) in [5.74, 6) is 0.0248. The van der Waals surface area contributed by atoms with Gasteiger partial charge in [-0.2, -0.15) is 0 Å². The molecule has 1 aliphatic rings. The van der Waals surface area contributed by atoms with Crippen LogP contribution >= 0.6 is 22.7 Å². The van der Waals surface area contributed by atoms with Crippen LogP contribution in [0.2, 0.25) is 0 Å². The van der Waals surface area contributed by atoms with Crippen molar-refractivity contribution in [1.29, 1.82) is 0 Å². The molecule has 1 amide bonds. The standard InChI is InChI=1S/C23H27N3OS2/c1-18(24-23(27)21-10-6-16-29-21)22(20-9-5-15-28-20)26-13-11-25(12-14-26)17-19-7-3-2-4-8-19/h2-10,15-16,18,22H,11-14,17H2,1H3,(H,24,27)/t18-,22+/m1/s1. The SMILES string of the molecule is C[C@@H](NC(=O)c1cccs1)[C@@H](c1cccs1)N1CCN(Cc2ccccc2)CC1. The van der Waals surface area contributed by atoms with Gasteiger partial charge in [0.2, 0.25) is 0 Å². The van der Waals surface area contributed by atoms with Crippen LogP contribution in [0.3, 0.4) is 0 Å². The minimum atomic E-state index is 0.0248. The lowest BCUT2D eigenvalue weighted by Gasteiger charge is -2.41. The first-order valence-electron chi connectivity index (χ1n) is 10.1. The van der Waals surface area contributed by atoms with Gasteiger partial charge in [-0.1, -0.05) is 42.5 Å². The van der Waals surface area contributed by atoms with Crippen molar-refractivity contribution in [2.24, 2.45) is 0 Å². The Balaban J connectivity index is 1.41. The van der Waals surface area contributed by atoms with E-state index in [0.717, 1.165) is 37.6 Å². The lowest BCUT2D eigenvalue weighted by molar-refractivity contribution is 0.0716. The van der Waals surface area contributed by atoms with Crippen LogP contribution in [0, 0.1) is 0 Å². The summed E-state index contributed by atoms with van der Waals surface area (Å²) in [6.07, 6.45) is 0. The highest BCUT2D eigenvalue weighted by Crippen LogP contribution is 2.30. The molecule has 0 spiro atoms. The average Bonchev–Trinajstić information content (AvgIpc) is 3.45. The first kappa shape index (κ1) is 20.3. The summed E-state index contributed by atoms with van der Waals surface area (Å²) in [6, 6.07) is 19.0. The van der Waals surface area contributed by atoms with Gasteiger partial charge in [0.05, 0.1) is 10.9 Å². The molecule has 29 heavy (non-hydrogen) atoms. The molecule has 0 radical (unpaired) electrons. The summed E-state index contributed by atoms with van der Waals surface area (Å²) in [5.41, 5.74) is 1.37. The number of nitrogens with zero attached hydrogens (tertiary/aromatic N) is 2. The van der Waals surface area contributed by atoms with Crippen molar-refractivity contribution in [3.63, 3.8) is 0 Å². The molecular formula is C23H27N3OS2. The van der Waals surface area contributed by atoms with Gasteiger partial charge in [-0.15, -0.1) is 22.7 Å². The molecule has 1 saturated heterocycles. The van der Waals surface area contributed by atoms with Gasteiger partial charge in [-0.05, 0) is 35.4 Å². The van der Waals surface area contributed by atoms with Crippen molar-refractivity contribution in [2.45, 2.75) is 25.6 Å². The molecule has 0 aliphatic carbocycles. The molecule has 1 aliphatic heterocycles. The monoisotopic (exact) mass is 425 g/mol. The third-order valence-corrected chi connectivity index (χ3v) is 7.27. The number of carbonyl (C=O) groups is 1. The highest BCUT2D eigenvalue weighted by molar-refractivity contribution is 7.12. The van der Waals surface area contributed by atoms with Crippen molar-refractivity contribution in [2.75, 3.05) is 26.2 Å². The number of carbonyl (C=O) groups excluding carboxylic acids is 1. The summed E-state index contributed by atoms with van der Waals surface area (Å²) in [7, 11) is 0. The van der Waals surface area contributed by atoms with Gasteiger partial charge in [0.1, 0.15) is 0 Å². The Kier molecular flexibility index (Phi) is 6.77. The van der Waals surface area contributed by atoms with Crippen molar-refractivity contribution < 1.29 is 4.79 Å².